The van der Waals surface area contributed by atoms with Gasteiger partial charge in [0.1, 0.15) is 0 Å². The lowest BCUT2D eigenvalue weighted by Gasteiger charge is -2.07. The van der Waals surface area contributed by atoms with Gasteiger partial charge in [0.2, 0.25) is 0 Å². The van der Waals surface area contributed by atoms with Gasteiger partial charge in [-0.2, -0.15) is 0 Å². The number of anilines is 1. The van der Waals surface area contributed by atoms with Crippen LogP contribution in [0.25, 0.3) is 6.08 Å². The van der Waals surface area contributed by atoms with Gasteiger partial charge in [0.15, 0.2) is 0 Å². The largest absolute Gasteiger partial charge is 0.466 e. The van der Waals surface area contributed by atoms with E-state index in [0.29, 0.717) is 0 Å². The lowest BCUT2D eigenvalue weighted by atomic mass is 10.1. The van der Waals surface area contributed by atoms with Crippen molar-refractivity contribution in [3.63, 3.8) is 0 Å². The zero-order valence-electron chi connectivity index (χ0n) is 12.5. The Kier molecular flexibility index (Phi) is 5.06. The lowest BCUT2D eigenvalue weighted by molar-refractivity contribution is -0.134. The van der Waals surface area contributed by atoms with Crippen LogP contribution in [-0.2, 0) is 16.1 Å². The third kappa shape index (κ3) is 5.08. The summed E-state index contributed by atoms with van der Waals surface area (Å²) in [5, 5.41) is 3.12. The van der Waals surface area contributed by atoms with Gasteiger partial charge < -0.3 is 10.1 Å². The van der Waals surface area contributed by atoms with Crippen LogP contribution < -0.4 is 5.32 Å². The number of ether oxygens (including phenoxy) is 1. The maximum Gasteiger partial charge on any atom is 0.330 e. The molecule has 108 valence electrons. The Morgan fingerprint density at radius 3 is 2.81 bits per heavy atom. The summed E-state index contributed by atoms with van der Waals surface area (Å²) in [5.74, 6) is -0.397. The van der Waals surface area contributed by atoms with Crippen LogP contribution in [0.2, 0.25) is 0 Å². The number of nitrogens with one attached hydrogen (secondary N) is 1. The summed E-state index contributed by atoms with van der Waals surface area (Å²) < 4.78 is 13.7. The minimum Gasteiger partial charge on any atom is -0.466 e. The van der Waals surface area contributed by atoms with Crippen molar-refractivity contribution in [2.45, 2.75) is 6.52 Å². The molecule has 1 unspecified atom stereocenters. The average molecular weight is 347 g/mol. The van der Waals surface area contributed by atoms with Crippen molar-refractivity contribution >= 4 is 33.7 Å². The van der Waals surface area contributed by atoms with Gasteiger partial charge in [0.25, 0.3) is 0 Å². The topological polar surface area (TPSA) is 38.3 Å². The first-order chi connectivity index (χ1) is 10.6. The third-order valence-electron chi connectivity index (χ3n) is 2.78. The van der Waals surface area contributed by atoms with Crippen LogP contribution in [0.1, 0.15) is 12.5 Å². The monoisotopic (exact) mass is 346 g/mol. The first-order valence-corrected chi connectivity index (χ1v) is 7.18. The SMILES string of the molecule is [2H]C(Nc1cccc(/C=C/C(=O)OC)c1)c1ccc(Br)cc1. The molecule has 0 radical (unpaired) electrons. The summed E-state index contributed by atoms with van der Waals surface area (Å²) in [6.07, 6.45) is 3.04. The molecule has 0 saturated heterocycles. The summed E-state index contributed by atoms with van der Waals surface area (Å²) in [4.78, 5) is 11.1. The Hall–Kier alpha value is -2.07. The number of halogens is 1. The molecule has 3 nitrogen and oxygen atoms in total. The standard InChI is InChI=1S/C17H16BrNO2/c1-21-17(20)10-7-13-3-2-4-16(11-13)19-12-14-5-8-15(18)9-6-14/h2-11,19H,12H2,1H3/b10-7+/i12D. The van der Waals surface area contributed by atoms with Crippen LogP contribution in [0.3, 0.4) is 0 Å². The third-order valence-corrected chi connectivity index (χ3v) is 3.30. The Morgan fingerprint density at radius 1 is 1.33 bits per heavy atom. The van der Waals surface area contributed by atoms with Crippen LogP contribution in [-0.4, -0.2) is 13.1 Å². The quantitative estimate of drug-likeness (QED) is 0.649. The molecule has 1 atom stereocenters. The van der Waals surface area contributed by atoms with Gasteiger partial charge in [-0.3, -0.25) is 0 Å². The van der Waals surface area contributed by atoms with E-state index in [1.54, 1.807) is 6.08 Å². The molecule has 4 heteroatoms. The first kappa shape index (κ1) is 13.9. The number of hydrogen-bond acceptors (Lipinski definition) is 3. The van der Waals surface area contributed by atoms with Crippen molar-refractivity contribution in [1.29, 1.82) is 0 Å². The number of carbonyl (C=O) groups is 1. The van der Waals surface area contributed by atoms with E-state index in [0.717, 1.165) is 21.3 Å². The second-order valence-electron chi connectivity index (χ2n) is 4.32. The van der Waals surface area contributed by atoms with E-state index >= 15 is 0 Å². The van der Waals surface area contributed by atoms with Gasteiger partial charge >= 0.3 is 5.97 Å². The van der Waals surface area contributed by atoms with Crippen molar-refractivity contribution < 1.29 is 10.9 Å². The number of esters is 1. The predicted molar refractivity (Wildman–Crippen MR) is 89.0 cm³/mol. The van der Waals surface area contributed by atoms with Crippen LogP contribution >= 0.6 is 15.9 Å². The number of rotatable bonds is 5. The van der Waals surface area contributed by atoms with E-state index in [4.69, 9.17) is 1.37 Å². The molecule has 0 bridgehead atoms. The molecule has 0 saturated carbocycles. The Balaban J connectivity index is 2.08. The minimum absolute atomic E-state index is 0.397. The van der Waals surface area contributed by atoms with Gasteiger partial charge in [0, 0.05) is 22.8 Å². The fourth-order valence-corrected chi connectivity index (χ4v) is 1.95. The molecule has 0 spiro atoms. The van der Waals surface area contributed by atoms with E-state index in [9.17, 15) is 4.79 Å². The van der Waals surface area contributed by atoms with E-state index in [2.05, 4.69) is 26.0 Å². The van der Waals surface area contributed by atoms with Gasteiger partial charge in [-0.05, 0) is 41.5 Å². The average Bonchev–Trinajstić information content (AvgIpc) is 2.53. The normalized spacial score (nSPS) is 12.8. The summed E-state index contributed by atoms with van der Waals surface area (Å²) in [7, 11) is 1.34. The molecule has 0 aromatic heterocycles. The minimum atomic E-state index is -0.562. The zero-order valence-corrected chi connectivity index (χ0v) is 13.1. The number of benzene rings is 2. The molecule has 0 heterocycles. The highest BCUT2D eigenvalue weighted by Gasteiger charge is 1.97. The number of methoxy groups -OCH3 is 1. The van der Waals surface area contributed by atoms with E-state index in [1.165, 1.54) is 13.2 Å². The Bertz CT molecular complexity index is 671. The van der Waals surface area contributed by atoms with Gasteiger partial charge in [0.05, 0.1) is 8.48 Å². The highest BCUT2D eigenvalue weighted by atomic mass is 79.9. The Morgan fingerprint density at radius 2 is 2.10 bits per heavy atom. The second-order valence-corrected chi connectivity index (χ2v) is 5.24. The van der Waals surface area contributed by atoms with Crippen molar-refractivity contribution in [3.05, 3.63) is 70.2 Å². The van der Waals surface area contributed by atoms with E-state index < -0.39 is 12.5 Å². The van der Waals surface area contributed by atoms with Crippen molar-refractivity contribution in [2.75, 3.05) is 12.4 Å². The molecule has 0 aliphatic heterocycles. The van der Waals surface area contributed by atoms with Crippen LogP contribution in [0.5, 0.6) is 0 Å². The summed E-state index contributed by atoms with van der Waals surface area (Å²) in [5.41, 5.74) is 2.55. The molecule has 2 rings (SSSR count). The van der Waals surface area contributed by atoms with Crippen LogP contribution in [0.15, 0.2) is 59.1 Å². The van der Waals surface area contributed by atoms with Crippen molar-refractivity contribution in [1.82, 2.24) is 0 Å². The predicted octanol–water partition coefficient (Wildman–Crippen LogP) is 4.25. The Labute approximate surface area is 134 Å². The van der Waals surface area contributed by atoms with Crippen molar-refractivity contribution in [3.8, 4) is 0 Å². The molecule has 21 heavy (non-hydrogen) atoms. The van der Waals surface area contributed by atoms with Gasteiger partial charge in [-0.15, -0.1) is 0 Å². The van der Waals surface area contributed by atoms with Crippen LogP contribution in [0.4, 0.5) is 5.69 Å². The molecule has 0 fully saturated rings. The molecule has 0 aliphatic carbocycles. The zero-order chi connectivity index (χ0) is 15.9. The van der Waals surface area contributed by atoms with E-state index in [1.807, 2.05) is 48.5 Å². The van der Waals surface area contributed by atoms with Crippen molar-refractivity contribution in [2.24, 2.45) is 0 Å². The summed E-state index contributed by atoms with van der Waals surface area (Å²) >= 11 is 3.38. The van der Waals surface area contributed by atoms with Gasteiger partial charge in [-0.25, -0.2) is 4.79 Å². The number of hydrogen-bond donors (Lipinski definition) is 1. The molecular weight excluding hydrogens is 330 g/mol. The molecule has 0 amide bonds. The lowest BCUT2D eigenvalue weighted by Crippen LogP contribution is -1.99. The summed E-state index contributed by atoms with van der Waals surface area (Å²) in [6.45, 7) is -0.562. The maximum absolute atomic E-state index is 11.1. The van der Waals surface area contributed by atoms with E-state index in [-0.39, 0.29) is 0 Å². The van der Waals surface area contributed by atoms with Crippen LogP contribution in [0, 0.1) is 0 Å². The smallest absolute Gasteiger partial charge is 0.330 e. The molecule has 2 aromatic rings. The summed E-state index contributed by atoms with van der Waals surface area (Å²) in [6, 6.07) is 15.1. The molecule has 1 N–H and O–H groups in total. The number of carbonyl (C=O) groups excluding carboxylic acids is 1. The second kappa shape index (κ2) is 7.64. The van der Waals surface area contributed by atoms with Gasteiger partial charge in [-0.1, -0.05) is 40.2 Å². The molecular formula is C17H16BrNO2. The fourth-order valence-electron chi connectivity index (χ4n) is 1.69. The first-order valence-electron chi connectivity index (χ1n) is 6.96. The molecule has 2 aromatic carbocycles. The fraction of sp³-hybridized carbons (Fsp3) is 0.118. The maximum atomic E-state index is 11.1. The molecule has 0 aliphatic rings. The highest BCUT2D eigenvalue weighted by molar-refractivity contribution is 9.10. The highest BCUT2D eigenvalue weighted by Crippen LogP contribution is 2.15.